The van der Waals surface area contributed by atoms with Crippen LogP contribution >= 0.6 is 23.2 Å². The minimum atomic E-state index is -0.330. The molecule has 1 saturated carbocycles. The first kappa shape index (κ1) is 20.2. The molecular formula is C22H22Cl2N2O3. The number of amides is 2. The van der Waals surface area contributed by atoms with Crippen molar-refractivity contribution in [2.24, 2.45) is 0 Å². The second-order valence-corrected chi connectivity index (χ2v) is 8.26. The summed E-state index contributed by atoms with van der Waals surface area (Å²) >= 11 is 12.0. The number of halogens is 2. The van der Waals surface area contributed by atoms with Crippen molar-refractivity contribution in [3.8, 4) is 0 Å². The van der Waals surface area contributed by atoms with Gasteiger partial charge in [0.25, 0.3) is 11.8 Å². The Morgan fingerprint density at radius 1 is 1.03 bits per heavy atom. The van der Waals surface area contributed by atoms with Crippen molar-refractivity contribution in [2.45, 2.75) is 37.8 Å². The van der Waals surface area contributed by atoms with Crippen LogP contribution in [0.5, 0.6) is 0 Å². The van der Waals surface area contributed by atoms with E-state index in [0.29, 0.717) is 35.0 Å². The van der Waals surface area contributed by atoms with E-state index in [1.54, 1.807) is 36.4 Å². The third-order valence-electron chi connectivity index (χ3n) is 5.56. The molecule has 1 aliphatic carbocycles. The molecule has 7 heteroatoms. The lowest BCUT2D eigenvalue weighted by Gasteiger charge is -2.43. The number of rotatable bonds is 3. The quantitative estimate of drug-likeness (QED) is 0.739. The summed E-state index contributed by atoms with van der Waals surface area (Å²) in [4.78, 5) is 27.4. The van der Waals surface area contributed by atoms with Crippen molar-refractivity contribution in [1.29, 1.82) is 0 Å². The number of hydrogen-bond acceptors (Lipinski definition) is 3. The van der Waals surface area contributed by atoms with Gasteiger partial charge in [-0.2, -0.15) is 0 Å². The summed E-state index contributed by atoms with van der Waals surface area (Å²) < 4.78 is 5.86. The maximum atomic E-state index is 13.0. The number of benzene rings is 2. The highest BCUT2D eigenvalue weighted by molar-refractivity contribution is 6.37. The van der Waals surface area contributed by atoms with E-state index in [1.165, 1.54) is 6.07 Å². The number of carbonyl (C=O) groups is 2. The van der Waals surface area contributed by atoms with Crippen molar-refractivity contribution < 1.29 is 14.3 Å². The van der Waals surface area contributed by atoms with Crippen molar-refractivity contribution in [1.82, 2.24) is 4.90 Å². The van der Waals surface area contributed by atoms with Crippen LogP contribution < -0.4 is 5.32 Å². The zero-order valence-electron chi connectivity index (χ0n) is 15.9. The standard InChI is InChI=1S/C22H22Cl2N2O3/c23-15-7-10-17(18(24)13-15)21(27)25-16-8-5-14(6-9-16)22(28)26-11-12-29-20-4-2-1-3-19(20)26/h5-10,13,19-20H,1-4,11-12H2,(H,25,27)/t19-,20+/m0/s1. The molecule has 2 aliphatic rings. The molecule has 2 aromatic rings. The van der Waals surface area contributed by atoms with Gasteiger partial charge in [0, 0.05) is 22.8 Å². The summed E-state index contributed by atoms with van der Waals surface area (Å²) in [5, 5.41) is 3.56. The van der Waals surface area contributed by atoms with Crippen LogP contribution in [-0.2, 0) is 4.74 Å². The number of ether oxygens (including phenoxy) is 1. The summed E-state index contributed by atoms with van der Waals surface area (Å²) in [6, 6.07) is 11.8. The van der Waals surface area contributed by atoms with Gasteiger partial charge in [-0.25, -0.2) is 0 Å². The van der Waals surface area contributed by atoms with E-state index in [0.717, 1.165) is 25.7 Å². The van der Waals surface area contributed by atoms with Gasteiger partial charge >= 0.3 is 0 Å². The predicted molar refractivity (Wildman–Crippen MR) is 114 cm³/mol. The maximum Gasteiger partial charge on any atom is 0.257 e. The Balaban J connectivity index is 1.44. The number of fused-ring (bicyclic) bond motifs is 1. The lowest BCUT2D eigenvalue weighted by molar-refractivity contribution is -0.0752. The largest absolute Gasteiger partial charge is 0.374 e. The van der Waals surface area contributed by atoms with Crippen molar-refractivity contribution in [2.75, 3.05) is 18.5 Å². The van der Waals surface area contributed by atoms with Gasteiger partial charge in [-0.15, -0.1) is 0 Å². The summed E-state index contributed by atoms with van der Waals surface area (Å²) in [5.41, 5.74) is 1.54. The predicted octanol–water partition coefficient (Wildman–Crippen LogP) is 5.03. The van der Waals surface area contributed by atoms with Gasteiger partial charge in [0.2, 0.25) is 0 Å². The SMILES string of the molecule is O=C(Nc1ccc(C(=O)N2CCO[C@@H]3CCCC[C@@H]32)cc1)c1ccc(Cl)cc1Cl. The Hall–Kier alpha value is -2.08. The zero-order chi connectivity index (χ0) is 20.4. The molecule has 1 saturated heterocycles. The maximum absolute atomic E-state index is 13.0. The van der Waals surface area contributed by atoms with E-state index in [4.69, 9.17) is 27.9 Å². The Morgan fingerprint density at radius 2 is 1.79 bits per heavy atom. The summed E-state index contributed by atoms with van der Waals surface area (Å²) in [5.74, 6) is -0.312. The molecule has 0 aromatic heterocycles. The molecule has 2 aromatic carbocycles. The van der Waals surface area contributed by atoms with Crippen LogP contribution in [0.3, 0.4) is 0 Å². The summed E-state index contributed by atoms with van der Waals surface area (Å²) in [7, 11) is 0. The molecule has 2 amide bonds. The number of nitrogens with one attached hydrogen (secondary N) is 1. The first-order valence-electron chi connectivity index (χ1n) is 9.82. The molecule has 29 heavy (non-hydrogen) atoms. The fourth-order valence-electron chi connectivity index (χ4n) is 4.08. The van der Waals surface area contributed by atoms with Crippen LogP contribution in [0.15, 0.2) is 42.5 Å². The molecule has 4 rings (SSSR count). The minimum Gasteiger partial charge on any atom is -0.374 e. The highest BCUT2D eigenvalue weighted by Gasteiger charge is 2.36. The number of carbonyl (C=O) groups excluding carboxylic acids is 2. The first-order chi connectivity index (χ1) is 14.0. The van der Waals surface area contributed by atoms with Gasteiger partial charge in [-0.05, 0) is 55.3 Å². The smallest absolute Gasteiger partial charge is 0.257 e. The molecule has 0 spiro atoms. The topological polar surface area (TPSA) is 58.6 Å². The highest BCUT2D eigenvalue weighted by atomic mass is 35.5. The van der Waals surface area contributed by atoms with Crippen LogP contribution in [0.25, 0.3) is 0 Å². The lowest BCUT2D eigenvalue weighted by atomic mass is 9.89. The number of morpholine rings is 1. The second kappa shape index (κ2) is 8.74. The molecule has 2 fully saturated rings. The van der Waals surface area contributed by atoms with Gasteiger partial charge in [-0.1, -0.05) is 36.0 Å². The van der Waals surface area contributed by atoms with E-state index < -0.39 is 0 Å². The normalized spacial score (nSPS) is 21.4. The monoisotopic (exact) mass is 432 g/mol. The summed E-state index contributed by atoms with van der Waals surface area (Å²) in [6.45, 7) is 1.20. The second-order valence-electron chi connectivity index (χ2n) is 7.42. The average molecular weight is 433 g/mol. The first-order valence-corrected chi connectivity index (χ1v) is 10.6. The van der Waals surface area contributed by atoms with Gasteiger partial charge < -0.3 is 15.0 Å². The van der Waals surface area contributed by atoms with Crippen LogP contribution in [0, 0.1) is 0 Å². The zero-order valence-corrected chi connectivity index (χ0v) is 17.4. The Morgan fingerprint density at radius 3 is 2.55 bits per heavy atom. The van der Waals surface area contributed by atoms with E-state index in [9.17, 15) is 9.59 Å². The molecule has 5 nitrogen and oxygen atoms in total. The van der Waals surface area contributed by atoms with Crippen molar-refractivity contribution in [3.05, 3.63) is 63.6 Å². The molecule has 2 atom stereocenters. The Labute approximate surface area is 179 Å². The van der Waals surface area contributed by atoms with Crippen molar-refractivity contribution >= 4 is 40.7 Å². The average Bonchev–Trinajstić information content (AvgIpc) is 2.73. The van der Waals surface area contributed by atoms with Gasteiger partial charge in [0.05, 0.1) is 29.3 Å². The molecule has 1 heterocycles. The third-order valence-corrected chi connectivity index (χ3v) is 6.11. The fraction of sp³-hybridized carbons (Fsp3) is 0.364. The lowest BCUT2D eigenvalue weighted by Crippen LogP contribution is -2.54. The molecule has 0 bridgehead atoms. The summed E-state index contributed by atoms with van der Waals surface area (Å²) in [6.07, 6.45) is 4.46. The Kier molecular flexibility index (Phi) is 6.09. The molecule has 152 valence electrons. The third kappa shape index (κ3) is 4.42. The fourth-order valence-corrected chi connectivity index (χ4v) is 4.58. The van der Waals surface area contributed by atoms with Gasteiger partial charge in [-0.3, -0.25) is 9.59 Å². The van der Waals surface area contributed by atoms with E-state index in [1.807, 2.05) is 4.90 Å². The molecule has 1 N–H and O–H groups in total. The molecule has 0 unspecified atom stereocenters. The molecule has 0 radical (unpaired) electrons. The van der Waals surface area contributed by atoms with Crippen LogP contribution in [0.2, 0.25) is 10.0 Å². The van der Waals surface area contributed by atoms with Gasteiger partial charge in [0.1, 0.15) is 0 Å². The van der Waals surface area contributed by atoms with Gasteiger partial charge in [0.15, 0.2) is 0 Å². The van der Waals surface area contributed by atoms with Crippen molar-refractivity contribution in [3.63, 3.8) is 0 Å². The van der Waals surface area contributed by atoms with Crippen LogP contribution in [0.4, 0.5) is 5.69 Å². The van der Waals surface area contributed by atoms with Crippen LogP contribution in [-0.4, -0.2) is 42.0 Å². The van der Waals surface area contributed by atoms with Crippen LogP contribution in [0.1, 0.15) is 46.4 Å². The van der Waals surface area contributed by atoms with E-state index >= 15 is 0 Å². The number of nitrogens with zero attached hydrogens (tertiary/aromatic N) is 1. The molecule has 1 aliphatic heterocycles. The Bertz CT molecular complexity index is 915. The highest BCUT2D eigenvalue weighted by Crippen LogP contribution is 2.29. The minimum absolute atomic E-state index is 0.0174. The number of hydrogen-bond donors (Lipinski definition) is 1. The molecular weight excluding hydrogens is 411 g/mol. The number of anilines is 1. The van der Waals surface area contributed by atoms with E-state index in [2.05, 4.69) is 5.32 Å². The van der Waals surface area contributed by atoms with E-state index in [-0.39, 0.29) is 29.0 Å².